The van der Waals surface area contributed by atoms with E-state index in [0.29, 0.717) is 0 Å². The summed E-state index contributed by atoms with van der Waals surface area (Å²) in [5.74, 6) is 0. The third-order valence-corrected chi connectivity index (χ3v) is 13.2. The Morgan fingerprint density at radius 2 is 1.00 bits per heavy atom. The maximum atomic E-state index is 6.71. The van der Waals surface area contributed by atoms with Crippen molar-refractivity contribution >= 4 is 91.3 Å². The van der Waals surface area contributed by atoms with Crippen molar-refractivity contribution in [2.24, 2.45) is 0 Å². The highest BCUT2D eigenvalue weighted by Gasteiger charge is 2.56. The molecule has 108 valence electrons. The van der Waals surface area contributed by atoms with Crippen molar-refractivity contribution in [3.63, 3.8) is 0 Å². The zero-order valence-corrected chi connectivity index (χ0v) is 18.8. The summed E-state index contributed by atoms with van der Waals surface area (Å²) in [6.45, 7) is 0. The van der Waals surface area contributed by atoms with E-state index in [1.165, 1.54) is 38.5 Å². The van der Waals surface area contributed by atoms with Crippen LogP contribution in [0.1, 0.15) is 57.8 Å². The SMILES string of the molecule is ClC1(Br)CCCCCCCCCC(Br)(Br)C1(Br)Br. The van der Waals surface area contributed by atoms with Crippen molar-refractivity contribution in [3.05, 3.63) is 0 Å². The van der Waals surface area contributed by atoms with Gasteiger partial charge in [0.15, 0.2) is 0 Å². The molecular weight excluding hydrogens is 579 g/mol. The minimum atomic E-state index is -0.522. The monoisotopic (exact) mass is 592 g/mol. The van der Waals surface area contributed by atoms with Gasteiger partial charge in [0.25, 0.3) is 0 Å². The number of hydrogen-bond acceptors (Lipinski definition) is 0. The van der Waals surface area contributed by atoms with E-state index in [1.807, 2.05) is 0 Å². The molecule has 18 heavy (non-hydrogen) atoms. The van der Waals surface area contributed by atoms with Gasteiger partial charge in [0.1, 0.15) is 10.3 Å². The summed E-state index contributed by atoms with van der Waals surface area (Å²) in [6.07, 6.45) is 10.8. The van der Waals surface area contributed by atoms with E-state index in [0.717, 1.165) is 19.3 Å². The summed E-state index contributed by atoms with van der Waals surface area (Å²) in [7, 11) is 0. The Morgan fingerprint density at radius 3 is 1.50 bits per heavy atom. The van der Waals surface area contributed by atoms with Crippen molar-refractivity contribution in [1.29, 1.82) is 0 Å². The predicted octanol–water partition coefficient (Wildman–Crippen LogP) is 7.81. The Morgan fingerprint density at radius 1 is 0.611 bits per heavy atom. The lowest BCUT2D eigenvalue weighted by molar-refractivity contribution is 0.496. The average molecular weight is 597 g/mol. The molecule has 6 heteroatoms. The molecule has 0 bridgehead atoms. The minimum absolute atomic E-state index is 0.266. The Bertz CT molecular complexity index is 241. The van der Waals surface area contributed by atoms with E-state index in [1.54, 1.807) is 0 Å². The first kappa shape index (κ1) is 18.7. The molecule has 1 aliphatic carbocycles. The Hall–Kier alpha value is 2.69. The molecule has 0 aromatic heterocycles. The Balaban J connectivity index is 2.83. The van der Waals surface area contributed by atoms with Crippen LogP contribution < -0.4 is 0 Å². The molecule has 0 N–H and O–H groups in total. The zero-order chi connectivity index (χ0) is 13.9. The van der Waals surface area contributed by atoms with E-state index >= 15 is 0 Å². The minimum Gasteiger partial charge on any atom is -0.104 e. The number of rotatable bonds is 0. The highest BCUT2D eigenvalue weighted by atomic mass is 79.9. The molecule has 1 rings (SSSR count). The second kappa shape index (κ2) is 7.80. The largest absolute Gasteiger partial charge is 0.134 e. The molecule has 1 unspecified atom stereocenters. The first-order valence-electron chi connectivity index (χ1n) is 6.34. The maximum absolute atomic E-state index is 6.71. The van der Waals surface area contributed by atoms with Gasteiger partial charge in [-0.1, -0.05) is 125 Å². The highest BCUT2D eigenvalue weighted by Crippen LogP contribution is 2.62. The van der Waals surface area contributed by atoms with Gasteiger partial charge in [-0.05, 0) is 12.8 Å². The van der Waals surface area contributed by atoms with Crippen LogP contribution in [0.5, 0.6) is 0 Å². The molecule has 0 aromatic rings. The fourth-order valence-electron chi connectivity index (χ4n) is 2.16. The Kier molecular flexibility index (Phi) is 8.12. The van der Waals surface area contributed by atoms with Crippen LogP contribution in [0.15, 0.2) is 0 Å². The standard InChI is InChI=1S/C12H18Br5Cl/c13-10(14)8-6-4-2-1-3-5-7-9-11(15,18)12(10,16)17/h1-9H2. The van der Waals surface area contributed by atoms with Crippen molar-refractivity contribution in [3.8, 4) is 0 Å². The molecule has 0 aliphatic heterocycles. The van der Waals surface area contributed by atoms with Crippen LogP contribution in [0.4, 0.5) is 0 Å². The summed E-state index contributed by atoms with van der Waals surface area (Å²) in [5.41, 5.74) is 0. The first-order valence-corrected chi connectivity index (χ1v) is 10.7. The predicted molar refractivity (Wildman–Crippen MR) is 100 cm³/mol. The maximum Gasteiger partial charge on any atom is 0.134 e. The van der Waals surface area contributed by atoms with Crippen LogP contribution in [-0.4, -0.2) is 10.3 Å². The molecule has 0 saturated heterocycles. The van der Waals surface area contributed by atoms with E-state index in [-0.39, 0.29) is 3.23 Å². The van der Waals surface area contributed by atoms with Crippen LogP contribution in [-0.2, 0) is 0 Å². The third kappa shape index (κ3) is 4.86. The normalized spacial score (nSPS) is 34.3. The van der Waals surface area contributed by atoms with Gasteiger partial charge < -0.3 is 0 Å². The molecule has 0 heterocycles. The lowest BCUT2D eigenvalue weighted by atomic mass is 10.0. The smallest absolute Gasteiger partial charge is 0.104 e. The van der Waals surface area contributed by atoms with Gasteiger partial charge in [0.2, 0.25) is 0 Å². The number of halogens is 6. The van der Waals surface area contributed by atoms with E-state index < -0.39 is 7.02 Å². The molecular formula is C12H18Br5Cl. The quantitative estimate of drug-likeness (QED) is 0.250. The van der Waals surface area contributed by atoms with Gasteiger partial charge in [0, 0.05) is 0 Å². The summed E-state index contributed by atoms with van der Waals surface area (Å²) in [6, 6.07) is 0. The van der Waals surface area contributed by atoms with Crippen LogP contribution in [0.25, 0.3) is 0 Å². The highest BCUT2D eigenvalue weighted by molar-refractivity contribution is 9.31. The molecule has 1 saturated carbocycles. The summed E-state index contributed by atoms with van der Waals surface area (Å²) in [4.78, 5) is 0. The molecule has 0 nitrogen and oxygen atoms in total. The molecule has 0 spiro atoms. The fraction of sp³-hybridized carbons (Fsp3) is 1.00. The number of alkyl halides is 6. The van der Waals surface area contributed by atoms with Crippen LogP contribution >= 0.6 is 91.3 Å². The van der Waals surface area contributed by atoms with Crippen molar-refractivity contribution in [2.75, 3.05) is 0 Å². The number of hydrogen-bond donors (Lipinski definition) is 0. The van der Waals surface area contributed by atoms with Gasteiger partial charge in [-0.3, -0.25) is 0 Å². The molecule has 1 aliphatic rings. The van der Waals surface area contributed by atoms with Gasteiger partial charge in [-0.25, -0.2) is 0 Å². The van der Waals surface area contributed by atoms with Crippen molar-refractivity contribution in [2.45, 2.75) is 68.0 Å². The lowest BCUT2D eigenvalue weighted by Crippen LogP contribution is -2.48. The van der Waals surface area contributed by atoms with E-state index in [9.17, 15) is 0 Å². The van der Waals surface area contributed by atoms with Crippen LogP contribution in [0.2, 0.25) is 0 Å². The summed E-state index contributed by atoms with van der Waals surface area (Å²) in [5, 5.41) is 0. The molecule has 1 atom stereocenters. The zero-order valence-electron chi connectivity index (χ0n) is 10.1. The third-order valence-electron chi connectivity index (χ3n) is 3.40. The van der Waals surface area contributed by atoms with Gasteiger partial charge >= 0.3 is 0 Å². The van der Waals surface area contributed by atoms with Gasteiger partial charge in [-0.2, -0.15) is 0 Å². The molecule has 0 radical (unpaired) electrons. The average Bonchev–Trinajstić information content (AvgIpc) is 2.25. The fourth-order valence-corrected chi connectivity index (χ4v) is 5.86. The van der Waals surface area contributed by atoms with Crippen LogP contribution in [0.3, 0.4) is 0 Å². The topological polar surface area (TPSA) is 0 Å². The summed E-state index contributed by atoms with van der Waals surface area (Å²) >= 11 is 25.5. The summed E-state index contributed by atoms with van der Waals surface area (Å²) < 4.78 is -1.23. The van der Waals surface area contributed by atoms with E-state index in [4.69, 9.17) is 11.6 Å². The molecule has 1 fully saturated rings. The van der Waals surface area contributed by atoms with Crippen molar-refractivity contribution < 1.29 is 0 Å². The first-order chi connectivity index (χ1) is 8.21. The van der Waals surface area contributed by atoms with Gasteiger partial charge in [0.05, 0.1) is 0 Å². The van der Waals surface area contributed by atoms with Crippen molar-refractivity contribution in [1.82, 2.24) is 0 Å². The second-order valence-electron chi connectivity index (χ2n) is 4.96. The molecule has 0 aromatic carbocycles. The van der Waals surface area contributed by atoms with Gasteiger partial charge in [-0.15, -0.1) is 11.6 Å². The second-order valence-corrected chi connectivity index (χ2v) is 14.6. The molecule has 0 amide bonds. The van der Waals surface area contributed by atoms with Crippen LogP contribution in [0, 0.1) is 0 Å². The van der Waals surface area contributed by atoms with E-state index in [2.05, 4.69) is 79.6 Å². The Labute approximate surface area is 157 Å². The lowest BCUT2D eigenvalue weighted by Gasteiger charge is -2.43.